The van der Waals surface area contributed by atoms with E-state index in [4.69, 9.17) is 19.6 Å². The van der Waals surface area contributed by atoms with Crippen LogP contribution in [0.3, 0.4) is 0 Å². The average Bonchev–Trinajstić information content (AvgIpc) is 2.93. The van der Waals surface area contributed by atoms with Gasteiger partial charge in [0.1, 0.15) is 5.60 Å². The number of hydrogen-bond donors (Lipinski definition) is 1. The number of aliphatic imine (C=N–C) groups is 1. The van der Waals surface area contributed by atoms with Crippen molar-refractivity contribution in [1.29, 1.82) is 0 Å². The van der Waals surface area contributed by atoms with Gasteiger partial charge in [0.05, 0.1) is 23.3 Å². The zero-order valence-corrected chi connectivity index (χ0v) is 18.2. The fraction of sp³-hybridized carbons (Fsp3) is 0.409. The van der Waals surface area contributed by atoms with Gasteiger partial charge >= 0.3 is 0 Å². The van der Waals surface area contributed by atoms with Crippen molar-refractivity contribution in [3.63, 3.8) is 0 Å². The Hall–Kier alpha value is -2.38. The third-order valence-electron chi connectivity index (χ3n) is 5.36. The molecule has 2 aliphatic heterocycles. The third kappa shape index (κ3) is 3.53. The van der Waals surface area contributed by atoms with E-state index in [1.165, 1.54) is 12.1 Å². The molecule has 4 rings (SSSR count). The van der Waals surface area contributed by atoms with Crippen molar-refractivity contribution >= 4 is 15.7 Å². The zero-order chi connectivity index (χ0) is 21.2. The number of benzene rings is 2. The first-order valence-electron chi connectivity index (χ1n) is 9.55. The highest BCUT2D eigenvalue weighted by Gasteiger charge is 2.39. The molecule has 0 amide bonds. The number of nitrogens with zero attached hydrogens (tertiary/aromatic N) is 1. The average molecular weight is 415 g/mol. The van der Waals surface area contributed by atoms with Gasteiger partial charge in [-0.1, -0.05) is 12.1 Å². The second kappa shape index (κ2) is 6.31. The molecular weight excluding hydrogens is 388 g/mol. The molecule has 0 saturated heterocycles. The molecule has 7 heteroatoms. The van der Waals surface area contributed by atoms with Crippen LogP contribution in [0.4, 0.5) is 0 Å². The molecule has 0 saturated carbocycles. The molecule has 29 heavy (non-hydrogen) atoms. The van der Waals surface area contributed by atoms with Crippen molar-refractivity contribution in [3.8, 4) is 11.5 Å². The van der Waals surface area contributed by atoms with Crippen molar-refractivity contribution < 1.29 is 17.9 Å². The molecule has 0 bridgehead atoms. The van der Waals surface area contributed by atoms with Gasteiger partial charge in [0.2, 0.25) is 10.0 Å². The summed E-state index contributed by atoms with van der Waals surface area (Å²) in [5, 5.41) is 5.25. The number of primary sulfonamides is 1. The molecule has 0 atom stereocenters. The normalized spacial score (nSPS) is 19.0. The number of rotatable bonds is 3. The summed E-state index contributed by atoms with van der Waals surface area (Å²) in [6, 6.07) is 8.63. The van der Waals surface area contributed by atoms with Crippen LogP contribution in [0.25, 0.3) is 0 Å². The molecule has 2 N–H and O–H groups in total. The van der Waals surface area contributed by atoms with Crippen LogP contribution in [0.2, 0.25) is 0 Å². The monoisotopic (exact) mass is 414 g/mol. The molecule has 2 aromatic rings. The minimum absolute atomic E-state index is 0.0848. The fourth-order valence-corrected chi connectivity index (χ4v) is 4.75. The fourth-order valence-electron chi connectivity index (χ4n) is 4.23. The standard InChI is InChI=1S/C22H26N2O4S/c1-21(2)11-14-10-17(27-5)20-16(12-22(3,4)28-20)18(14)19(24-21)13-6-8-15(9-7-13)29(23,25)26/h6-10H,11-12H2,1-5H3,(H2,23,25,26). The molecule has 0 spiro atoms. The number of nitrogens with two attached hydrogens (primary N) is 1. The van der Waals surface area contributed by atoms with Gasteiger partial charge in [-0.2, -0.15) is 0 Å². The van der Waals surface area contributed by atoms with Crippen LogP contribution in [0.1, 0.15) is 49.9 Å². The number of hydrogen-bond acceptors (Lipinski definition) is 5. The third-order valence-corrected chi connectivity index (χ3v) is 6.29. The van der Waals surface area contributed by atoms with E-state index in [-0.39, 0.29) is 16.0 Å². The van der Waals surface area contributed by atoms with Crippen LogP contribution >= 0.6 is 0 Å². The van der Waals surface area contributed by atoms with Crippen LogP contribution in [0.5, 0.6) is 11.5 Å². The molecule has 154 valence electrons. The van der Waals surface area contributed by atoms with Crippen LogP contribution < -0.4 is 14.6 Å². The molecule has 6 nitrogen and oxygen atoms in total. The number of ether oxygens (including phenoxy) is 2. The van der Waals surface area contributed by atoms with Gasteiger partial charge in [0.15, 0.2) is 11.5 Å². The number of methoxy groups -OCH3 is 1. The molecule has 0 aromatic heterocycles. The highest BCUT2D eigenvalue weighted by atomic mass is 32.2. The first-order valence-corrected chi connectivity index (χ1v) is 11.1. The Balaban J connectivity index is 1.94. The number of fused-ring (bicyclic) bond motifs is 3. The van der Waals surface area contributed by atoms with E-state index in [0.717, 1.165) is 52.3 Å². The van der Waals surface area contributed by atoms with Crippen molar-refractivity contribution in [2.24, 2.45) is 10.1 Å². The second-order valence-electron chi connectivity index (χ2n) is 8.98. The Bertz CT molecular complexity index is 1130. The van der Waals surface area contributed by atoms with E-state index in [2.05, 4.69) is 27.7 Å². The van der Waals surface area contributed by atoms with Gasteiger partial charge in [-0.05, 0) is 57.9 Å². The molecular formula is C22H26N2O4S. The first kappa shape index (κ1) is 19.9. The van der Waals surface area contributed by atoms with E-state index in [1.54, 1.807) is 19.2 Å². The van der Waals surface area contributed by atoms with Gasteiger partial charge < -0.3 is 9.47 Å². The second-order valence-corrected chi connectivity index (χ2v) is 10.5. The van der Waals surface area contributed by atoms with Crippen molar-refractivity contribution in [1.82, 2.24) is 0 Å². The SMILES string of the molecule is COc1cc2c(c3c1OC(C)(C)C3)C(c1ccc(S(N)(=O)=O)cc1)=NC(C)(C)C2. The lowest BCUT2D eigenvalue weighted by Gasteiger charge is -2.31. The van der Waals surface area contributed by atoms with Gasteiger partial charge in [-0.3, -0.25) is 4.99 Å². The summed E-state index contributed by atoms with van der Waals surface area (Å²) in [5.41, 5.74) is 4.38. The Morgan fingerprint density at radius 1 is 1.10 bits per heavy atom. The Morgan fingerprint density at radius 3 is 2.34 bits per heavy atom. The smallest absolute Gasteiger partial charge is 0.238 e. The summed E-state index contributed by atoms with van der Waals surface area (Å²) in [7, 11) is -2.09. The molecule has 0 radical (unpaired) electrons. The van der Waals surface area contributed by atoms with Gasteiger partial charge in [-0.25, -0.2) is 13.6 Å². The van der Waals surface area contributed by atoms with Crippen molar-refractivity contribution in [2.75, 3.05) is 7.11 Å². The number of sulfonamides is 1. The van der Waals surface area contributed by atoms with E-state index >= 15 is 0 Å². The molecule has 2 aromatic carbocycles. The van der Waals surface area contributed by atoms with E-state index in [9.17, 15) is 8.42 Å². The summed E-state index contributed by atoms with van der Waals surface area (Å²) in [5.74, 6) is 1.51. The van der Waals surface area contributed by atoms with Crippen molar-refractivity contribution in [3.05, 3.63) is 52.6 Å². The Labute approximate surface area is 171 Å². The van der Waals surface area contributed by atoms with Gasteiger partial charge in [0.25, 0.3) is 0 Å². The summed E-state index contributed by atoms with van der Waals surface area (Å²) in [6.07, 6.45) is 1.53. The maximum absolute atomic E-state index is 11.6. The topological polar surface area (TPSA) is 91.0 Å². The summed E-state index contributed by atoms with van der Waals surface area (Å²) in [6.45, 7) is 8.30. The Kier molecular flexibility index (Phi) is 4.33. The Morgan fingerprint density at radius 2 is 1.76 bits per heavy atom. The van der Waals surface area contributed by atoms with E-state index in [1.807, 2.05) is 6.07 Å². The lowest BCUT2D eigenvalue weighted by atomic mass is 9.81. The van der Waals surface area contributed by atoms with Crippen LogP contribution in [-0.4, -0.2) is 32.4 Å². The molecule has 0 fully saturated rings. The molecule has 2 heterocycles. The summed E-state index contributed by atoms with van der Waals surface area (Å²) in [4.78, 5) is 5.12. The van der Waals surface area contributed by atoms with Gasteiger partial charge in [0, 0.05) is 23.1 Å². The van der Waals surface area contributed by atoms with E-state index in [0.29, 0.717) is 0 Å². The first-order chi connectivity index (χ1) is 13.4. The van der Waals surface area contributed by atoms with E-state index < -0.39 is 10.0 Å². The van der Waals surface area contributed by atoms with Crippen LogP contribution in [0, 0.1) is 0 Å². The lowest BCUT2D eigenvalue weighted by Crippen LogP contribution is -2.30. The molecule has 2 aliphatic rings. The minimum Gasteiger partial charge on any atom is -0.493 e. The van der Waals surface area contributed by atoms with Crippen LogP contribution in [0.15, 0.2) is 40.2 Å². The highest BCUT2D eigenvalue weighted by molar-refractivity contribution is 7.89. The summed E-state index contributed by atoms with van der Waals surface area (Å²) >= 11 is 0. The maximum atomic E-state index is 11.6. The highest BCUT2D eigenvalue weighted by Crippen LogP contribution is 2.47. The summed E-state index contributed by atoms with van der Waals surface area (Å²) < 4.78 is 35.1. The maximum Gasteiger partial charge on any atom is 0.238 e. The minimum atomic E-state index is -3.74. The predicted octanol–water partition coefficient (Wildman–Crippen LogP) is 3.23. The van der Waals surface area contributed by atoms with Crippen molar-refractivity contribution in [2.45, 2.75) is 56.6 Å². The van der Waals surface area contributed by atoms with Gasteiger partial charge in [-0.15, -0.1) is 0 Å². The largest absolute Gasteiger partial charge is 0.493 e. The molecule has 0 unspecified atom stereocenters. The van der Waals surface area contributed by atoms with Crippen LogP contribution in [-0.2, 0) is 22.9 Å². The molecule has 0 aliphatic carbocycles. The quantitative estimate of drug-likeness (QED) is 0.835. The predicted molar refractivity (Wildman–Crippen MR) is 113 cm³/mol. The zero-order valence-electron chi connectivity index (χ0n) is 17.4. The lowest BCUT2D eigenvalue weighted by molar-refractivity contribution is 0.134.